The first-order chi connectivity index (χ1) is 9.29. The number of nitrogens with one attached hydrogen (secondary N) is 1. The van der Waals surface area contributed by atoms with Crippen LogP contribution in [0, 0.1) is 12.3 Å². The van der Waals surface area contributed by atoms with Crippen LogP contribution in [0.25, 0.3) is 0 Å². The van der Waals surface area contributed by atoms with Crippen molar-refractivity contribution in [2.45, 2.75) is 46.7 Å². The number of esters is 1. The molecule has 0 fully saturated rings. The molecule has 0 saturated carbocycles. The van der Waals surface area contributed by atoms with E-state index >= 15 is 0 Å². The second-order valence-electron chi connectivity index (χ2n) is 5.99. The Kier molecular flexibility index (Phi) is 5.77. The summed E-state index contributed by atoms with van der Waals surface area (Å²) in [6, 6.07) is 1.87. The molecule has 0 aromatic carbocycles. The van der Waals surface area contributed by atoms with Crippen molar-refractivity contribution < 1.29 is 19.1 Å². The third-order valence-electron chi connectivity index (χ3n) is 3.36. The first-order valence-electron chi connectivity index (χ1n) is 6.81. The summed E-state index contributed by atoms with van der Waals surface area (Å²) >= 11 is 0. The lowest BCUT2D eigenvalue weighted by molar-refractivity contribution is 0.0599. The summed E-state index contributed by atoms with van der Waals surface area (Å²) in [5, 5.41) is 12.5. The highest BCUT2D eigenvalue weighted by Gasteiger charge is 2.24. The minimum atomic E-state index is -0.389. The number of carbonyl (C=O) groups excluding carboxylic acids is 1. The molecular formula is C15H25NO4. The Labute approximate surface area is 120 Å². The predicted molar refractivity (Wildman–Crippen MR) is 76.6 cm³/mol. The van der Waals surface area contributed by atoms with Crippen LogP contribution in [0.3, 0.4) is 0 Å². The topological polar surface area (TPSA) is 71.7 Å². The van der Waals surface area contributed by atoms with E-state index < -0.39 is 0 Å². The Morgan fingerprint density at radius 2 is 2.15 bits per heavy atom. The second-order valence-corrected chi connectivity index (χ2v) is 5.99. The standard InChI is InChI=1S/C15H25NO4/c1-10-12(14(18)19-5)8-11(20-10)9-16-13(6-7-17)15(2,3)4/h8,13,16-17H,6-7,9H2,1-5H3. The Morgan fingerprint density at radius 1 is 1.50 bits per heavy atom. The first kappa shape index (κ1) is 16.7. The van der Waals surface area contributed by atoms with Crippen LogP contribution < -0.4 is 5.32 Å². The van der Waals surface area contributed by atoms with E-state index in [1.165, 1.54) is 7.11 Å². The zero-order valence-corrected chi connectivity index (χ0v) is 12.9. The zero-order valence-electron chi connectivity index (χ0n) is 12.9. The van der Waals surface area contributed by atoms with E-state index in [1.54, 1.807) is 13.0 Å². The van der Waals surface area contributed by atoms with Gasteiger partial charge in [-0.1, -0.05) is 20.8 Å². The molecule has 0 saturated heterocycles. The van der Waals surface area contributed by atoms with Crippen molar-refractivity contribution in [3.63, 3.8) is 0 Å². The number of furan rings is 1. The minimum absolute atomic E-state index is 0.0372. The summed E-state index contributed by atoms with van der Waals surface area (Å²) in [4.78, 5) is 11.5. The van der Waals surface area contributed by atoms with Gasteiger partial charge >= 0.3 is 5.97 Å². The number of aliphatic hydroxyl groups is 1. The molecule has 5 heteroatoms. The number of hydrogen-bond acceptors (Lipinski definition) is 5. The smallest absolute Gasteiger partial charge is 0.341 e. The summed E-state index contributed by atoms with van der Waals surface area (Å²) in [7, 11) is 1.35. The van der Waals surface area contributed by atoms with Gasteiger partial charge in [-0.2, -0.15) is 0 Å². The maximum atomic E-state index is 11.5. The Balaban J connectivity index is 2.71. The molecule has 5 nitrogen and oxygen atoms in total. The Bertz CT molecular complexity index is 445. The first-order valence-corrected chi connectivity index (χ1v) is 6.81. The van der Waals surface area contributed by atoms with Crippen LogP contribution in [-0.2, 0) is 11.3 Å². The molecule has 0 aliphatic rings. The fraction of sp³-hybridized carbons (Fsp3) is 0.667. The molecule has 114 valence electrons. The van der Waals surface area contributed by atoms with Gasteiger partial charge in [0.1, 0.15) is 17.1 Å². The number of methoxy groups -OCH3 is 1. The molecule has 20 heavy (non-hydrogen) atoms. The predicted octanol–water partition coefficient (Wildman–Crippen LogP) is 2.26. The molecule has 0 amide bonds. The molecule has 1 rings (SSSR count). The van der Waals surface area contributed by atoms with E-state index in [1.807, 2.05) is 0 Å². The van der Waals surface area contributed by atoms with Gasteiger partial charge in [0.05, 0.1) is 13.7 Å². The molecular weight excluding hydrogens is 258 g/mol. The number of aliphatic hydroxyl groups excluding tert-OH is 1. The highest BCUT2D eigenvalue weighted by Crippen LogP contribution is 2.23. The van der Waals surface area contributed by atoms with Gasteiger partial charge < -0.3 is 19.6 Å². The van der Waals surface area contributed by atoms with Crippen molar-refractivity contribution in [2.24, 2.45) is 5.41 Å². The summed E-state index contributed by atoms with van der Waals surface area (Å²) in [6.07, 6.45) is 0.674. The Morgan fingerprint density at radius 3 is 2.65 bits per heavy atom. The molecule has 0 aliphatic heterocycles. The van der Waals surface area contributed by atoms with Gasteiger partial charge in [0.2, 0.25) is 0 Å². The number of aryl methyl sites for hydroxylation is 1. The number of rotatable bonds is 6. The average Bonchev–Trinajstić information content (AvgIpc) is 2.73. The average molecular weight is 283 g/mol. The molecule has 1 aromatic heterocycles. The van der Waals surface area contributed by atoms with Gasteiger partial charge in [-0.05, 0) is 24.8 Å². The van der Waals surface area contributed by atoms with Crippen LogP contribution in [0.4, 0.5) is 0 Å². The second kappa shape index (κ2) is 6.90. The zero-order chi connectivity index (χ0) is 15.3. The normalized spacial score (nSPS) is 13.3. The van der Waals surface area contributed by atoms with Crippen molar-refractivity contribution >= 4 is 5.97 Å². The number of carbonyl (C=O) groups is 1. The fourth-order valence-electron chi connectivity index (χ4n) is 2.14. The highest BCUT2D eigenvalue weighted by atomic mass is 16.5. The van der Waals surface area contributed by atoms with E-state index in [-0.39, 0.29) is 24.0 Å². The minimum Gasteiger partial charge on any atom is -0.465 e. The van der Waals surface area contributed by atoms with E-state index in [0.717, 1.165) is 0 Å². The Hall–Kier alpha value is -1.33. The lowest BCUT2D eigenvalue weighted by atomic mass is 9.85. The molecule has 0 spiro atoms. The third kappa shape index (κ3) is 4.35. The van der Waals surface area contributed by atoms with Gasteiger partial charge in [0.25, 0.3) is 0 Å². The summed E-state index contributed by atoms with van der Waals surface area (Å²) in [5.41, 5.74) is 0.494. The van der Waals surface area contributed by atoms with Crippen LogP contribution in [0.2, 0.25) is 0 Å². The lowest BCUT2D eigenvalue weighted by Crippen LogP contribution is -2.40. The molecule has 1 aromatic rings. The van der Waals surface area contributed by atoms with Crippen molar-refractivity contribution in [3.05, 3.63) is 23.2 Å². The van der Waals surface area contributed by atoms with Crippen molar-refractivity contribution in [1.29, 1.82) is 0 Å². The SMILES string of the molecule is COC(=O)c1cc(CNC(CCO)C(C)(C)C)oc1C. The van der Waals surface area contributed by atoms with Gasteiger partial charge in [0.15, 0.2) is 0 Å². The van der Waals surface area contributed by atoms with E-state index in [4.69, 9.17) is 14.3 Å². The fourth-order valence-corrected chi connectivity index (χ4v) is 2.14. The van der Waals surface area contributed by atoms with Crippen molar-refractivity contribution in [3.8, 4) is 0 Å². The molecule has 0 radical (unpaired) electrons. The summed E-state index contributed by atoms with van der Waals surface area (Å²) < 4.78 is 10.2. The number of hydrogen-bond donors (Lipinski definition) is 2. The molecule has 0 bridgehead atoms. The quantitative estimate of drug-likeness (QED) is 0.784. The summed E-state index contributed by atoms with van der Waals surface area (Å²) in [6.45, 7) is 8.75. The van der Waals surface area contributed by atoms with Crippen molar-refractivity contribution in [2.75, 3.05) is 13.7 Å². The maximum Gasteiger partial charge on any atom is 0.341 e. The third-order valence-corrected chi connectivity index (χ3v) is 3.36. The van der Waals surface area contributed by atoms with Crippen LogP contribution >= 0.6 is 0 Å². The van der Waals surface area contributed by atoms with Crippen LogP contribution in [0.5, 0.6) is 0 Å². The molecule has 1 heterocycles. The maximum absolute atomic E-state index is 11.5. The largest absolute Gasteiger partial charge is 0.465 e. The van der Waals surface area contributed by atoms with Gasteiger partial charge in [-0.25, -0.2) is 4.79 Å². The lowest BCUT2D eigenvalue weighted by Gasteiger charge is -2.31. The van der Waals surface area contributed by atoms with Gasteiger partial charge in [-0.15, -0.1) is 0 Å². The van der Waals surface area contributed by atoms with E-state index in [9.17, 15) is 4.79 Å². The van der Waals surface area contributed by atoms with Crippen LogP contribution in [-0.4, -0.2) is 30.8 Å². The highest BCUT2D eigenvalue weighted by molar-refractivity contribution is 5.90. The monoisotopic (exact) mass is 283 g/mol. The molecule has 0 aliphatic carbocycles. The molecule has 1 unspecified atom stereocenters. The van der Waals surface area contributed by atoms with Gasteiger partial charge in [0, 0.05) is 12.6 Å². The van der Waals surface area contributed by atoms with Crippen LogP contribution in [0.15, 0.2) is 10.5 Å². The molecule has 1 atom stereocenters. The van der Waals surface area contributed by atoms with E-state index in [0.29, 0.717) is 30.0 Å². The molecule has 2 N–H and O–H groups in total. The van der Waals surface area contributed by atoms with Crippen molar-refractivity contribution in [1.82, 2.24) is 5.32 Å². The summed E-state index contributed by atoms with van der Waals surface area (Å²) in [5.74, 6) is 0.860. The van der Waals surface area contributed by atoms with Gasteiger partial charge in [-0.3, -0.25) is 0 Å². The number of ether oxygens (including phenoxy) is 1. The van der Waals surface area contributed by atoms with E-state index in [2.05, 4.69) is 26.1 Å². The van der Waals surface area contributed by atoms with Crippen LogP contribution in [0.1, 0.15) is 49.1 Å².